The Balaban J connectivity index is 0. The first-order valence-corrected chi connectivity index (χ1v) is 9.98. The molecule has 1 unspecified atom stereocenters. The molecule has 0 radical (unpaired) electrons. The molecule has 0 fully saturated rings. The Labute approximate surface area is 118 Å². The summed E-state index contributed by atoms with van der Waals surface area (Å²) >= 11 is -0.556. The van der Waals surface area contributed by atoms with Crippen LogP contribution in [0.1, 0.15) is 39.5 Å². The fourth-order valence-electron chi connectivity index (χ4n) is 1.02. The number of hydrogen-bond donors (Lipinski definition) is 0. The Bertz CT molecular complexity index is 159. The van der Waals surface area contributed by atoms with Gasteiger partial charge in [0.15, 0.2) is 0 Å². The molecule has 0 bridgehead atoms. The van der Waals surface area contributed by atoms with Crippen LogP contribution in [0.5, 0.6) is 0 Å². The predicted molar refractivity (Wildman–Crippen MR) is 72.4 cm³/mol. The third kappa shape index (κ3) is 20.1. The second-order valence-corrected chi connectivity index (χ2v) is 6.03. The van der Waals surface area contributed by atoms with E-state index in [1.54, 1.807) is 0 Å². The quantitative estimate of drug-likeness (QED) is 0.485. The van der Waals surface area contributed by atoms with E-state index in [9.17, 15) is 0 Å². The van der Waals surface area contributed by atoms with Gasteiger partial charge in [-0.15, -0.1) is 0 Å². The molecule has 0 aliphatic rings. The topological polar surface area (TPSA) is 0 Å². The third-order valence-electron chi connectivity index (χ3n) is 2.10. The maximum atomic E-state index is 4.89. The molecule has 1 aromatic rings. The van der Waals surface area contributed by atoms with Gasteiger partial charge in [-0.3, -0.25) is 0 Å². The molecule has 1 aromatic carbocycles. The van der Waals surface area contributed by atoms with Crippen molar-refractivity contribution in [1.82, 2.24) is 0 Å². The number of rotatable bonds is 4. The molecule has 0 spiro atoms. The summed E-state index contributed by atoms with van der Waals surface area (Å²) in [5.41, 5.74) is 0. The molecular weight excluding hydrogens is 275 g/mol. The fraction of sp³-hybridized carbons (Fsp3) is 0.538. The summed E-state index contributed by atoms with van der Waals surface area (Å²) in [6.07, 6.45) is 5.21. The van der Waals surface area contributed by atoms with Gasteiger partial charge in [-0.1, -0.05) is 39.5 Å². The van der Waals surface area contributed by atoms with Crippen molar-refractivity contribution >= 4 is 18.6 Å². The van der Waals surface area contributed by atoms with Crippen molar-refractivity contribution in [2.45, 2.75) is 39.5 Å². The zero-order valence-electron chi connectivity index (χ0n) is 10.3. The number of halogens is 2. The fourth-order valence-corrected chi connectivity index (χ4v) is 1.02. The molecule has 0 aliphatic carbocycles. The van der Waals surface area contributed by atoms with Crippen molar-refractivity contribution in [2.75, 3.05) is 0 Å². The molecule has 0 aliphatic heterocycles. The van der Waals surface area contributed by atoms with Crippen LogP contribution in [0.3, 0.4) is 0 Å². The second-order valence-electron chi connectivity index (χ2n) is 3.45. The summed E-state index contributed by atoms with van der Waals surface area (Å²) in [7, 11) is 9.78. The van der Waals surface area contributed by atoms with E-state index in [1.165, 1.54) is 25.7 Å². The average molecular weight is 297 g/mol. The zero-order chi connectivity index (χ0) is 12.6. The third-order valence-corrected chi connectivity index (χ3v) is 2.10. The summed E-state index contributed by atoms with van der Waals surface area (Å²) in [5.74, 6) is 0.704. The van der Waals surface area contributed by atoms with E-state index in [4.69, 9.17) is 18.6 Å². The molecule has 16 heavy (non-hydrogen) atoms. The molecule has 0 amide bonds. The molecule has 0 nitrogen and oxygen atoms in total. The first-order valence-electron chi connectivity index (χ1n) is 5.68. The van der Waals surface area contributed by atoms with Crippen molar-refractivity contribution in [2.24, 2.45) is 5.92 Å². The Morgan fingerprint density at radius 1 is 1.25 bits per heavy atom. The van der Waals surface area contributed by atoms with Gasteiger partial charge >= 0.3 is 35.6 Å². The van der Waals surface area contributed by atoms with Gasteiger partial charge in [-0.2, -0.15) is 24.1 Å². The number of unbranched alkanes of at least 4 members (excludes halogenated alkanes) is 1. The summed E-state index contributed by atoms with van der Waals surface area (Å²) in [5, 5.41) is 0. The van der Waals surface area contributed by atoms with Crippen LogP contribution in [0, 0.1) is 12.8 Å². The van der Waals surface area contributed by atoms with Crippen molar-refractivity contribution in [3.05, 3.63) is 37.3 Å². The minimum atomic E-state index is -0.556. The van der Waals surface area contributed by atoms with Crippen LogP contribution in [0.25, 0.3) is 0 Å². The smallest absolute Gasteiger partial charge is 0.172 e. The molecule has 0 N–H and O–H groups in total. The maximum Gasteiger partial charge on any atom is -0.172 e. The normalized spacial score (nSPS) is 10.3. The standard InChI is InChI=1S/C8H17.C5H5.2ClH.Ti/c1-4-6-7-8(3)5-2;1-2-4-5-3-1;;;/h8H,3-7H2,1-2H3;1-5H;2*1H;/q2*-1;;;+2/p-2. The van der Waals surface area contributed by atoms with Crippen LogP contribution in [-0.2, 0) is 17.0 Å². The first kappa shape index (κ1) is 19.0. The van der Waals surface area contributed by atoms with Crippen LogP contribution < -0.4 is 0 Å². The molecule has 94 valence electrons. The Kier molecular flexibility index (Phi) is 21.4. The van der Waals surface area contributed by atoms with Crippen molar-refractivity contribution < 1.29 is 17.0 Å². The summed E-state index contributed by atoms with van der Waals surface area (Å²) in [6, 6.07) is 10.0. The van der Waals surface area contributed by atoms with Crippen molar-refractivity contribution in [3.63, 3.8) is 0 Å². The summed E-state index contributed by atoms with van der Waals surface area (Å²) < 4.78 is 0. The Morgan fingerprint density at radius 3 is 2.00 bits per heavy atom. The van der Waals surface area contributed by atoms with Crippen LogP contribution >= 0.6 is 18.6 Å². The second kappa shape index (κ2) is 18.0. The number of hydrogen-bond acceptors (Lipinski definition) is 0. The van der Waals surface area contributed by atoms with Crippen LogP contribution in [0.2, 0.25) is 0 Å². The largest absolute Gasteiger partial charge is 0.214 e. The van der Waals surface area contributed by atoms with Gasteiger partial charge in [-0.05, 0) is 0 Å². The van der Waals surface area contributed by atoms with Gasteiger partial charge in [0.25, 0.3) is 0 Å². The average Bonchev–Trinajstić information content (AvgIpc) is 2.85. The van der Waals surface area contributed by atoms with Gasteiger partial charge in [-0.25, -0.2) is 12.1 Å². The minimum Gasteiger partial charge on any atom is -0.214 e. The van der Waals surface area contributed by atoms with E-state index in [0.717, 1.165) is 0 Å². The minimum absolute atomic E-state index is 0.556. The van der Waals surface area contributed by atoms with Gasteiger partial charge in [0.2, 0.25) is 0 Å². The molecule has 0 saturated carbocycles. The van der Waals surface area contributed by atoms with Gasteiger partial charge in [0.05, 0.1) is 0 Å². The van der Waals surface area contributed by atoms with E-state index >= 15 is 0 Å². The van der Waals surface area contributed by atoms with Crippen molar-refractivity contribution in [1.29, 1.82) is 0 Å². The molecule has 1 atom stereocenters. The molecule has 0 heterocycles. The maximum absolute atomic E-state index is 4.89. The van der Waals surface area contributed by atoms with Gasteiger partial charge in [0, 0.05) is 0 Å². The molecular formula is C13H22Cl2Ti-2. The zero-order valence-corrected chi connectivity index (χ0v) is 13.3. The summed E-state index contributed by atoms with van der Waals surface area (Å²) in [4.78, 5) is 0. The molecule has 0 saturated heterocycles. The summed E-state index contributed by atoms with van der Waals surface area (Å²) in [6.45, 7) is 8.42. The molecule has 1 rings (SSSR count). The van der Waals surface area contributed by atoms with Crippen LogP contribution in [0.4, 0.5) is 0 Å². The van der Waals surface area contributed by atoms with Gasteiger partial charge < -0.3 is 6.92 Å². The Morgan fingerprint density at radius 2 is 1.75 bits per heavy atom. The molecule has 3 heteroatoms. The first-order chi connectivity index (χ1) is 7.72. The van der Waals surface area contributed by atoms with Crippen LogP contribution in [-0.4, -0.2) is 0 Å². The van der Waals surface area contributed by atoms with E-state index in [0.29, 0.717) is 5.92 Å². The monoisotopic (exact) mass is 296 g/mol. The van der Waals surface area contributed by atoms with Crippen molar-refractivity contribution in [3.8, 4) is 0 Å². The Hall–Kier alpha value is 0.644. The van der Waals surface area contributed by atoms with E-state index in [-0.39, 0.29) is 0 Å². The predicted octanol–water partition coefficient (Wildman–Crippen LogP) is 5.82. The van der Waals surface area contributed by atoms with E-state index in [2.05, 4.69) is 20.8 Å². The van der Waals surface area contributed by atoms with Crippen LogP contribution in [0.15, 0.2) is 30.3 Å². The van der Waals surface area contributed by atoms with E-state index in [1.807, 2.05) is 30.3 Å². The molecule has 0 aromatic heterocycles. The van der Waals surface area contributed by atoms with E-state index < -0.39 is 17.0 Å². The van der Waals surface area contributed by atoms with Gasteiger partial charge in [0.1, 0.15) is 0 Å². The SMILES string of the molecule is [CH2-]C(CC)CCCC.[Cl][Ti][Cl].c1cc[cH-]c1.